The number of esters is 2. The Morgan fingerprint density at radius 1 is 1.20 bits per heavy atom. The van der Waals surface area contributed by atoms with E-state index in [0.717, 1.165) is 6.42 Å². The molecule has 0 amide bonds. The second kappa shape index (κ2) is 9.27. The third-order valence-electron chi connectivity index (χ3n) is 3.92. The lowest BCUT2D eigenvalue weighted by Crippen LogP contribution is -2.56. The van der Waals surface area contributed by atoms with Gasteiger partial charge in [-0.1, -0.05) is 33.3 Å². The fourth-order valence-corrected chi connectivity index (χ4v) is 2.23. The molecule has 0 heterocycles. The number of carbonyl (C=O) groups is 2. The van der Waals surface area contributed by atoms with Crippen LogP contribution in [0.3, 0.4) is 0 Å². The Balaban J connectivity index is 3.12. The third-order valence-corrected chi connectivity index (χ3v) is 3.92. The highest BCUT2D eigenvalue weighted by Crippen LogP contribution is 2.34. The SMILES string of the molecule is CCCCC(=O)O[C@](N)(C(=O)OCCC)C(C)c1ccc(O)c(O)c1. The lowest BCUT2D eigenvalue weighted by molar-refractivity contribution is -0.185. The van der Waals surface area contributed by atoms with Crippen LogP contribution in [0, 0.1) is 0 Å². The van der Waals surface area contributed by atoms with Crippen molar-refractivity contribution in [2.24, 2.45) is 5.73 Å². The summed E-state index contributed by atoms with van der Waals surface area (Å²) in [6.07, 6.45) is 2.16. The Morgan fingerprint density at radius 3 is 2.44 bits per heavy atom. The van der Waals surface area contributed by atoms with Crippen LogP contribution >= 0.6 is 0 Å². The predicted octanol–water partition coefficient (Wildman–Crippen LogP) is 2.54. The monoisotopic (exact) mass is 353 g/mol. The Kier molecular flexibility index (Phi) is 7.70. The summed E-state index contributed by atoms with van der Waals surface area (Å²) in [6.45, 7) is 5.50. The van der Waals surface area contributed by atoms with E-state index in [9.17, 15) is 19.8 Å². The minimum Gasteiger partial charge on any atom is -0.504 e. The third kappa shape index (κ3) is 5.35. The lowest BCUT2D eigenvalue weighted by atomic mass is 9.90. The summed E-state index contributed by atoms with van der Waals surface area (Å²) in [6, 6.07) is 4.04. The molecule has 1 unspecified atom stereocenters. The number of benzene rings is 1. The van der Waals surface area contributed by atoms with Gasteiger partial charge in [0.05, 0.1) is 6.61 Å². The number of ether oxygens (including phenoxy) is 2. The molecule has 1 aromatic carbocycles. The fourth-order valence-electron chi connectivity index (χ4n) is 2.23. The molecule has 0 aliphatic heterocycles. The molecule has 0 radical (unpaired) electrons. The van der Waals surface area contributed by atoms with Crippen molar-refractivity contribution < 1.29 is 29.3 Å². The van der Waals surface area contributed by atoms with Gasteiger partial charge < -0.3 is 19.7 Å². The van der Waals surface area contributed by atoms with Crippen molar-refractivity contribution in [1.29, 1.82) is 0 Å². The second-order valence-electron chi connectivity index (χ2n) is 5.98. The quantitative estimate of drug-likeness (QED) is 0.354. The maximum atomic E-state index is 12.5. The zero-order valence-electron chi connectivity index (χ0n) is 14.9. The number of carbonyl (C=O) groups excluding carboxylic acids is 2. The van der Waals surface area contributed by atoms with Gasteiger partial charge in [-0.3, -0.25) is 10.5 Å². The van der Waals surface area contributed by atoms with Crippen molar-refractivity contribution in [3.8, 4) is 11.5 Å². The predicted molar refractivity (Wildman–Crippen MR) is 92.0 cm³/mol. The van der Waals surface area contributed by atoms with Crippen LogP contribution in [0.5, 0.6) is 11.5 Å². The maximum absolute atomic E-state index is 12.5. The number of rotatable bonds is 9. The summed E-state index contributed by atoms with van der Waals surface area (Å²) in [7, 11) is 0. The summed E-state index contributed by atoms with van der Waals surface area (Å²) in [5.41, 5.74) is 4.56. The van der Waals surface area contributed by atoms with Gasteiger partial charge in [0.1, 0.15) is 0 Å². The van der Waals surface area contributed by atoms with E-state index >= 15 is 0 Å². The molecule has 2 atom stereocenters. The van der Waals surface area contributed by atoms with E-state index < -0.39 is 23.6 Å². The van der Waals surface area contributed by atoms with Crippen molar-refractivity contribution in [2.45, 2.75) is 58.1 Å². The highest BCUT2D eigenvalue weighted by molar-refractivity contribution is 5.84. The van der Waals surface area contributed by atoms with Gasteiger partial charge in [-0.2, -0.15) is 0 Å². The van der Waals surface area contributed by atoms with Crippen LogP contribution in [0.25, 0.3) is 0 Å². The van der Waals surface area contributed by atoms with Crippen molar-refractivity contribution in [3.05, 3.63) is 23.8 Å². The zero-order valence-corrected chi connectivity index (χ0v) is 14.9. The Labute approximate surface area is 147 Å². The van der Waals surface area contributed by atoms with Crippen molar-refractivity contribution in [1.82, 2.24) is 0 Å². The molecule has 0 aliphatic carbocycles. The van der Waals surface area contributed by atoms with Crippen LogP contribution in [0.2, 0.25) is 0 Å². The molecule has 0 bridgehead atoms. The summed E-state index contributed by atoms with van der Waals surface area (Å²) in [5, 5.41) is 19.1. The first-order valence-electron chi connectivity index (χ1n) is 8.46. The summed E-state index contributed by atoms with van der Waals surface area (Å²) >= 11 is 0. The molecule has 0 aliphatic rings. The number of aromatic hydroxyl groups is 2. The molecule has 140 valence electrons. The first-order chi connectivity index (χ1) is 11.8. The Hall–Kier alpha value is -2.28. The summed E-state index contributed by atoms with van der Waals surface area (Å²) in [4.78, 5) is 24.5. The van der Waals surface area contributed by atoms with E-state index in [1.165, 1.54) is 18.2 Å². The molecule has 0 saturated carbocycles. The minimum atomic E-state index is -2.02. The molecular weight excluding hydrogens is 326 g/mol. The van der Waals surface area contributed by atoms with Crippen LogP contribution in [-0.4, -0.2) is 34.5 Å². The number of nitrogens with two attached hydrogens (primary N) is 1. The average Bonchev–Trinajstić information content (AvgIpc) is 2.59. The van der Waals surface area contributed by atoms with E-state index in [2.05, 4.69) is 0 Å². The lowest BCUT2D eigenvalue weighted by Gasteiger charge is -2.32. The normalized spacial score (nSPS) is 14.4. The molecule has 1 rings (SSSR count). The molecule has 0 saturated heterocycles. The molecule has 0 spiro atoms. The van der Waals surface area contributed by atoms with Gasteiger partial charge in [-0.15, -0.1) is 0 Å². The Bertz CT molecular complexity index is 603. The smallest absolute Gasteiger partial charge is 0.366 e. The first kappa shape index (κ1) is 20.8. The van der Waals surface area contributed by atoms with E-state index in [-0.39, 0.29) is 24.5 Å². The van der Waals surface area contributed by atoms with Gasteiger partial charge in [0.15, 0.2) is 11.5 Å². The largest absolute Gasteiger partial charge is 0.504 e. The van der Waals surface area contributed by atoms with Crippen LogP contribution in [0.15, 0.2) is 18.2 Å². The van der Waals surface area contributed by atoms with Crippen LogP contribution in [-0.2, 0) is 19.1 Å². The summed E-state index contributed by atoms with van der Waals surface area (Å²) < 4.78 is 10.4. The van der Waals surface area contributed by atoms with Crippen LogP contribution < -0.4 is 5.73 Å². The van der Waals surface area contributed by atoms with Crippen molar-refractivity contribution >= 4 is 11.9 Å². The Morgan fingerprint density at radius 2 is 1.88 bits per heavy atom. The van der Waals surface area contributed by atoms with Crippen LogP contribution in [0.4, 0.5) is 0 Å². The van der Waals surface area contributed by atoms with Crippen LogP contribution in [0.1, 0.15) is 57.9 Å². The molecule has 25 heavy (non-hydrogen) atoms. The zero-order chi connectivity index (χ0) is 19.0. The molecule has 1 aromatic rings. The average molecular weight is 353 g/mol. The molecule has 4 N–H and O–H groups in total. The highest BCUT2D eigenvalue weighted by atomic mass is 16.6. The fraction of sp³-hybridized carbons (Fsp3) is 0.556. The number of hydrogen-bond donors (Lipinski definition) is 3. The standard InChI is InChI=1S/C18H27NO6/c1-4-6-7-16(22)25-18(19,17(23)24-10-5-2)12(3)13-8-9-14(20)15(21)11-13/h8-9,11-12,20-21H,4-7,10,19H2,1-3H3/t12?,18-/m0/s1. The van der Waals surface area contributed by atoms with E-state index in [0.29, 0.717) is 18.4 Å². The van der Waals surface area contributed by atoms with Gasteiger partial charge >= 0.3 is 11.9 Å². The number of phenolic OH excluding ortho intramolecular Hbond substituents is 2. The number of hydrogen-bond acceptors (Lipinski definition) is 7. The van der Waals surface area contributed by atoms with Gasteiger partial charge in [-0.25, -0.2) is 4.79 Å². The van der Waals surface area contributed by atoms with Gasteiger partial charge in [0.2, 0.25) is 0 Å². The van der Waals surface area contributed by atoms with Gasteiger partial charge in [0.25, 0.3) is 5.72 Å². The van der Waals surface area contributed by atoms with E-state index in [4.69, 9.17) is 15.2 Å². The van der Waals surface area contributed by atoms with Crippen molar-refractivity contribution in [2.75, 3.05) is 6.61 Å². The van der Waals surface area contributed by atoms with Crippen molar-refractivity contribution in [3.63, 3.8) is 0 Å². The molecule has 7 heteroatoms. The molecule has 0 fully saturated rings. The number of unbranched alkanes of at least 4 members (excludes halogenated alkanes) is 1. The van der Waals surface area contributed by atoms with E-state index in [1.54, 1.807) is 6.92 Å². The number of phenols is 2. The first-order valence-corrected chi connectivity index (χ1v) is 8.46. The maximum Gasteiger partial charge on any atom is 0.366 e. The summed E-state index contributed by atoms with van der Waals surface area (Å²) in [5.74, 6) is -2.89. The minimum absolute atomic E-state index is 0.143. The molecular formula is C18H27NO6. The molecule has 0 aromatic heterocycles. The van der Waals surface area contributed by atoms with Gasteiger partial charge in [0, 0.05) is 12.3 Å². The van der Waals surface area contributed by atoms with E-state index in [1.807, 2.05) is 13.8 Å². The topological polar surface area (TPSA) is 119 Å². The second-order valence-corrected chi connectivity index (χ2v) is 5.98. The van der Waals surface area contributed by atoms with Gasteiger partial charge in [-0.05, 0) is 30.5 Å². The molecule has 7 nitrogen and oxygen atoms in total. The highest BCUT2D eigenvalue weighted by Gasteiger charge is 2.46.